The first-order valence-corrected chi connectivity index (χ1v) is 5.88. The van der Waals surface area contributed by atoms with E-state index < -0.39 is 0 Å². The van der Waals surface area contributed by atoms with Crippen LogP contribution in [0.3, 0.4) is 0 Å². The van der Waals surface area contributed by atoms with Gasteiger partial charge in [0, 0.05) is 25.9 Å². The number of ether oxygens (including phenoxy) is 1. The van der Waals surface area contributed by atoms with Crippen LogP contribution in [0.4, 0.5) is 5.69 Å². The molecule has 4 nitrogen and oxygen atoms in total. The summed E-state index contributed by atoms with van der Waals surface area (Å²) >= 11 is 0. The third kappa shape index (κ3) is 2.97. The van der Waals surface area contributed by atoms with Gasteiger partial charge in [0.15, 0.2) is 0 Å². The molecular weight excluding hydrogens is 216 g/mol. The Bertz CT molecular complexity index is 400. The Morgan fingerprint density at radius 3 is 3.06 bits per heavy atom. The number of rotatable bonds is 3. The minimum Gasteiger partial charge on any atom is -0.399 e. The smallest absolute Gasteiger partial charge is 0.251 e. The number of nitrogens with two attached hydrogens (primary N) is 1. The predicted molar refractivity (Wildman–Crippen MR) is 66.3 cm³/mol. The molecule has 1 aliphatic heterocycles. The molecule has 1 heterocycles. The maximum atomic E-state index is 12.0. The molecule has 92 valence electrons. The molecule has 1 aromatic carbocycles. The highest BCUT2D eigenvalue weighted by molar-refractivity contribution is 5.80. The molecule has 0 bridgehead atoms. The maximum absolute atomic E-state index is 12.0. The number of hydrogen-bond acceptors (Lipinski definition) is 3. The van der Waals surface area contributed by atoms with Gasteiger partial charge in [-0.2, -0.15) is 0 Å². The Balaban J connectivity index is 1.96. The fourth-order valence-electron chi connectivity index (χ4n) is 2.06. The lowest BCUT2D eigenvalue weighted by atomic mass is 10.1. The number of nitrogens with zero attached hydrogens (tertiary/aromatic N) is 1. The predicted octanol–water partition coefficient (Wildman–Crippen LogP) is 1.41. The Labute approximate surface area is 101 Å². The number of anilines is 1. The van der Waals surface area contributed by atoms with E-state index in [1.165, 1.54) is 0 Å². The van der Waals surface area contributed by atoms with Crippen LogP contribution in [0.25, 0.3) is 0 Å². The SMILES string of the molecule is CN(Cc1cccc(N)c1)C(=O)C1CCCO1. The van der Waals surface area contributed by atoms with E-state index in [9.17, 15) is 4.79 Å². The second kappa shape index (κ2) is 5.19. The van der Waals surface area contributed by atoms with E-state index in [0.29, 0.717) is 13.2 Å². The van der Waals surface area contributed by atoms with Gasteiger partial charge in [-0.3, -0.25) is 4.79 Å². The number of nitrogen functional groups attached to an aromatic ring is 1. The van der Waals surface area contributed by atoms with Gasteiger partial charge in [0.2, 0.25) is 0 Å². The molecule has 1 unspecified atom stereocenters. The number of carbonyl (C=O) groups excluding carboxylic acids is 1. The van der Waals surface area contributed by atoms with Crippen LogP contribution >= 0.6 is 0 Å². The third-order valence-corrected chi connectivity index (χ3v) is 2.95. The van der Waals surface area contributed by atoms with Crippen molar-refractivity contribution in [1.82, 2.24) is 4.90 Å². The lowest BCUT2D eigenvalue weighted by molar-refractivity contribution is -0.140. The molecule has 0 aromatic heterocycles. The molecule has 17 heavy (non-hydrogen) atoms. The van der Waals surface area contributed by atoms with Crippen molar-refractivity contribution in [2.45, 2.75) is 25.5 Å². The minimum atomic E-state index is -0.249. The van der Waals surface area contributed by atoms with Gasteiger partial charge in [0.1, 0.15) is 6.10 Å². The van der Waals surface area contributed by atoms with E-state index in [1.54, 1.807) is 11.9 Å². The van der Waals surface area contributed by atoms with Crippen molar-refractivity contribution in [2.75, 3.05) is 19.4 Å². The quantitative estimate of drug-likeness (QED) is 0.804. The lowest BCUT2D eigenvalue weighted by Gasteiger charge is -2.20. The molecule has 1 amide bonds. The van der Waals surface area contributed by atoms with Gasteiger partial charge in [-0.1, -0.05) is 12.1 Å². The van der Waals surface area contributed by atoms with Crippen LogP contribution in [0, 0.1) is 0 Å². The summed E-state index contributed by atoms with van der Waals surface area (Å²) in [6, 6.07) is 7.59. The summed E-state index contributed by atoms with van der Waals surface area (Å²) in [5.74, 6) is 0.0601. The van der Waals surface area contributed by atoms with Gasteiger partial charge in [-0.15, -0.1) is 0 Å². The van der Waals surface area contributed by atoms with Crippen molar-refractivity contribution < 1.29 is 9.53 Å². The first-order chi connectivity index (χ1) is 8.16. The fourth-order valence-corrected chi connectivity index (χ4v) is 2.06. The zero-order chi connectivity index (χ0) is 12.3. The standard InChI is InChI=1S/C13H18N2O2/c1-15(13(16)12-6-3-7-17-12)9-10-4-2-5-11(14)8-10/h2,4-5,8,12H,3,6-7,9,14H2,1H3. The monoisotopic (exact) mass is 234 g/mol. The molecule has 0 aliphatic carbocycles. The number of likely N-dealkylation sites (N-methyl/N-ethyl adjacent to an activating group) is 1. The summed E-state index contributed by atoms with van der Waals surface area (Å²) in [4.78, 5) is 13.7. The molecule has 2 N–H and O–H groups in total. The summed E-state index contributed by atoms with van der Waals surface area (Å²) in [5.41, 5.74) is 7.47. The van der Waals surface area contributed by atoms with Crippen LogP contribution in [0.5, 0.6) is 0 Å². The van der Waals surface area contributed by atoms with Crippen molar-refractivity contribution in [3.8, 4) is 0 Å². The normalized spacial score (nSPS) is 19.2. The Kier molecular flexibility index (Phi) is 3.64. The molecule has 0 saturated carbocycles. The highest BCUT2D eigenvalue weighted by atomic mass is 16.5. The van der Waals surface area contributed by atoms with Gasteiger partial charge in [0.25, 0.3) is 5.91 Å². The summed E-state index contributed by atoms with van der Waals surface area (Å²) in [6.45, 7) is 1.27. The average molecular weight is 234 g/mol. The molecule has 1 saturated heterocycles. The maximum Gasteiger partial charge on any atom is 0.251 e. The van der Waals surface area contributed by atoms with Crippen LogP contribution in [0.1, 0.15) is 18.4 Å². The first-order valence-electron chi connectivity index (χ1n) is 5.88. The van der Waals surface area contributed by atoms with Crippen molar-refractivity contribution in [3.63, 3.8) is 0 Å². The number of amides is 1. The summed E-state index contributed by atoms with van der Waals surface area (Å²) in [6.07, 6.45) is 1.56. The highest BCUT2D eigenvalue weighted by Crippen LogP contribution is 2.16. The Morgan fingerprint density at radius 2 is 2.41 bits per heavy atom. The van der Waals surface area contributed by atoms with Gasteiger partial charge in [-0.05, 0) is 30.5 Å². The van der Waals surface area contributed by atoms with Crippen molar-refractivity contribution >= 4 is 11.6 Å². The summed E-state index contributed by atoms with van der Waals surface area (Å²) < 4.78 is 5.38. The molecular formula is C13H18N2O2. The minimum absolute atomic E-state index is 0.0601. The van der Waals surface area contributed by atoms with Crippen molar-refractivity contribution in [1.29, 1.82) is 0 Å². The van der Waals surface area contributed by atoms with E-state index in [4.69, 9.17) is 10.5 Å². The van der Waals surface area contributed by atoms with E-state index in [0.717, 1.165) is 24.1 Å². The van der Waals surface area contributed by atoms with Gasteiger partial charge in [-0.25, -0.2) is 0 Å². The van der Waals surface area contributed by atoms with Crippen molar-refractivity contribution in [3.05, 3.63) is 29.8 Å². The fraction of sp³-hybridized carbons (Fsp3) is 0.462. The molecule has 2 rings (SSSR count). The second-order valence-electron chi connectivity index (χ2n) is 4.44. The van der Waals surface area contributed by atoms with Crippen LogP contribution in [0.2, 0.25) is 0 Å². The van der Waals surface area contributed by atoms with E-state index in [-0.39, 0.29) is 12.0 Å². The number of carbonyl (C=O) groups is 1. The highest BCUT2D eigenvalue weighted by Gasteiger charge is 2.26. The zero-order valence-electron chi connectivity index (χ0n) is 10.1. The molecule has 4 heteroatoms. The Morgan fingerprint density at radius 1 is 1.59 bits per heavy atom. The molecule has 0 radical (unpaired) electrons. The van der Waals surface area contributed by atoms with Crippen LogP contribution in [-0.4, -0.2) is 30.6 Å². The van der Waals surface area contributed by atoms with Gasteiger partial charge in [0.05, 0.1) is 0 Å². The summed E-state index contributed by atoms with van der Waals surface area (Å²) in [7, 11) is 1.80. The van der Waals surface area contributed by atoms with Gasteiger partial charge >= 0.3 is 0 Å². The number of hydrogen-bond donors (Lipinski definition) is 1. The average Bonchev–Trinajstić information content (AvgIpc) is 2.81. The first kappa shape index (κ1) is 11.9. The van der Waals surface area contributed by atoms with E-state index >= 15 is 0 Å². The largest absolute Gasteiger partial charge is 0.399 e. The second-order valence-corrected chi connectivity index (χ2v) is 4.44. The van der Waals surface area contributed by atoms with Crippen LogP contribution < -0.4 is 5.73 Å². The van der Waals surface area contributed by atoms with Crippen LogP contribution in [-0.2, 0) is 16.1 Å². The number of benzene rings is 1. The zero-order valence-corrected chi connectivity index (χ0v) is 10.1. The topological polar surface area (TPSA) is 55.6 Å². The summed E-state index contributed by atoms with van der Waals surface area (Å²) in [5, 5.41) is 0. The molecule has 0 spiro atoms. The van der Waals surface area contributed by atoms with E-state index in [2.05, 4.69) is 0 Å². The van der Waals surface area contributed by atoms with E-state index in [1.807, 2.05) is 24.3 Å². The molecule has 1 aliphatic rings. The third-order valence-electron chi connectivity index (χ3n) is 2.95. The molecule has 1 aromatic rings. The Hall–Kier alpha value is -1.55. The lowest BCUT2D eigenvalue weighted by Crippen LogP contribution is -2.35. The van der Waals surface area contributed by atoms with Gasteiger partial charge < -0.3 is 15.4 Å². The van der Waals surface area contributed by atoms with Crippen LogP contribution in [0.15, 0.2) is 24.3 Å². The molecule has 1 atom stereocenters. The molecule has 1 fully saturated rings. The van der Waals surface area contributed by atoms with Crippen molar-refractivity contribution in [2.24, 2.45) is 0 Å².